The molecule has 0 aliphatic carbocycles. The zero-order valence-corrected chi connectivity index (χ0v) is 12.7. The van der Waals surface area contributed by atoms with Crippen LogP contribution in [-0.4, -0.2) is 28.3 Å². The van der Waals surface area contributed by atoms with E-state index in [2.05, 4.69) is 5.32 Å². The molecule has 2 rings (SSSR count). The first-order chi connectivity index (χ1) is 9.31. The normalized spacial score (nSPS) is 22.4. The molecule has 2 amide bonds. The number of halogens is 1. The molecule has 1 heterocycles. The quantitative estimate of drug-likeness (QED) is 0.910. The topological polar surface area (TPSA) is 49.4 Å². The molecule has 1 N–H and O–H groups in total. The van der Waals surface area contributed by atoms with Crippen molar-refractivity contribution in [3.63, 3.8) is 0 Å². The predicted molar refractivity (Wildman–Crippen MR) is 78.3 cm³/mol. The maximum absolute atomic E-state index is 12.6. The Morgan fingerprint density at radius 1 is 1.35 bits per heavy atom. The van der Waals surface area contributed by atoms with Gasteiger partial charge in [-0.3, -0.25) is 9.59 Å². The Hall–Kier alpha value is -1.55. The van der Waals surface area contributed by atoms with Gasteiger partial charge in [0.05, 0.1) is 0 Å². The zero-order chi connectivity index (χ0) is 14.9. The van der Waals surface area contributed by atoms with E-state index in [0.29, 0.717) is 18.0 Å². The van der Waals surface area contributed by atoms with Crippen LogP contribution in [0, 0.1) is 0 Å². The Kier molecular flexibility index (Phi) is 4.04. The second-order valence-electron chi connectivity index (χ2n) is 5.75. The molecule has 0 bridgehead atoms. The van der Waals surface area contributed by atoms with Gasteiger partial charge < -0.3 is 10.2 Å². The molecule has 0 radical (unpaired) electrons. The van der Waals surface area contributed by atoms with Crippen molar-refractivity contribution in [2.45, 2.75) is 45.3 Å². The first kappa shape index (κ1) is 14.9. The van der Waals surface area contributed by atoms with E-state index >= 15 is 0 Å². The molecule has 0 spiro atoms. The summed E-state index contributed by atoms with van der Waals surface area (Å²) in [4.78, 5) is 26.1. The van der Waals surface area contributed by atoms with Gasteiger partial charge in [-0.1, -0.05) is 29.8 Å². The molecule has 1 fully saturated rings. The molecule has 0 saturated carbocycles. The van der Waals surface area contributed by atoms with Crippen molar-refractivity contribution in [1.82, 2.24) is 10.2 Å². The fraction of sp³-hybridized carbons (Fsp3) is 0.467. The molecular weight excluding hydrogens is 276 g/mol. The van der Waals surface area contributed by atoms with Crippen LogP contribution in [0.2, 0.25) is 5.02 Å². The second-order valence-corrected chi connectivity index (χ2v) is 6.16. The zero-order valence-electron chi connectivity index (χ0n) is 11.9. The van der Waals surface area contributed by atoms with E-state index in [-0.39, 0.29) is 17.9 Å². The number of rotatable bonds is 2. The number of benzene rings is 1. The van der Waals surface area contributed by atoms with Gasteiger partial charge >= 0.3 is 0 Å². The van der Waals surface area contributed by atoms with E-state index in [1.54, 1.807) is 24.8 Å². The summed E-state index contributed by atoms with van der Waals surface area (Å²) in [5.41, 5.74) is 0.00263. The summed E-state index contributed by atoms with van der Waals surface area (Å²) in [6.45, 7) is 5.75. The number of hydrogen-bond donors (Lipinski definition) is 1. The van der Waals surface area contributed by atoms with Gasteiger partial charge in [0.25, 0.3) is 0 Å². The van der Waals surface area contributed by atoms with Crippen molar-refractivity contribution < 1.29 is 9.59 Å². The van der Waals surface area contributed by atoms with Gasteiger partial charge in [0.15, 0.2) is 0 Å². The first-order valence-electron chi connectivity index (χ1n) is 6.67. The van der Waals surface area contributed by atoms with Crippen LogP contribution in [0.5, 0.6) is 0 Å². The summed E-state index contributed by atoms with van der Waals surface area (Å²) in [6.07, 6.45) is 0.305. The van der Waals surface area contributed by atoms with Gasteiger partial charge in [-0.2, -0.15) is 0 Å². The molecule has 1 atom stereocenters. The number of carbonyl (C=O) groups is 2. The Morgan fingerprint density at radius 3 is 2.65 bits per heavy atom. The third-order valence-corrected chi connectivity index (χ3v) is 3.93. The Morgan fingerprint density at radius 2 is 2.00 bits per heavy atom. The summed E-state index contributed by atoms with van der Waals surface area (Å²) >= 11 is 6.16. The highest BCUT2D eigenvalue weighted by molar-refractivity contribution is 6.31. The molecule has 20 heavy (non-hydrogen) atoms. The van der Waals surface area contributed by atoms with Gasteiger partial charge in [-0.05, 0) is 32.4 Å². The van der Waals surface area contributed by atoms with Crippen molar-refractivity contribution in [3.05, 3.63) is 34.9 Å². The van der Waals surface area contributed by atoms with Crippen molar-refractivity contribution in [3.8, 4) is 0 Å². The molecule has 5 heteroatoms. The molecule has 0 aromatic heterocycles. The van der Waals surface area contributed by atoms with Crippen LogP contribution in [0.1, 0.15) is 32.8 Å². The second kappa shape index (κ2) is 5.44. The van der Waals surface area contributed by atoms with Crippen LogP contribution in [0.25, 0.3) is 0 Å². The Balaban J connectivity index is 2.30. The summed E-state index contributed by atoms with van der Waals surface area (Å²) in [6, 6.07) is 7.30. The van der Waals surface area contributed by atoms with Crippen LogP contribution in [0.4, 0.5) is 0 Å². The SMILES string of the molecule is CC1CC(=O)NC(C)(C)C(=O)N1Cc1ccccc1Cl. The van der Waals surface area contributed by atoms with E-state index in [1.165, 1.54) is 0 Å². The molecule has 1 aliphatic heterocycles. The standard InChI is InChI=1S/C15H19ClN2O2/c1-10-8-13(19)17-15(2,3)14(20)18(10)9-11-6-4-5-7-12(11)16/h4-7,10H,8-9H2,1-3H3,(H,17,19). The van der Waals surface area contributed by atoms with Gasteiger partial charge in [0.1, 0.15) is 5.54 Å². The summed E-state index contributed by atoms with van der Waals surface area (Å²) in [7, 11) is 0. The minimum Gasteiger partial charge on any atom is -0.342 e. The lowest BCUT2D eigenvalue weighted by Gasteiger charge is -2.32. The lowest BCUT2D eigenvalue weighted by molar-refractivity contribution is -0.139. The molecule has 108 valence electrons. The maximum Gasteiger partial charge on any atom is 0.248 e. The molecule has 1 aromatic carbocycles. The van der Waals surface area contributed by atoms with E-state index in [9.17, 15) is 9.59 Å². The molecule has 1 unspecified atom stereocenters. The average Bonchev–Trinajstić information content (AvgIpc) is 2.41. The Bertz CT molecular complexity index is 542. The molecular formula is C15H19ClN2O2. The molecule has 1 aliphatic rings. The number of amides is 2. The third kappa shape index (κ3) is 2.96. The molecule has 4 nitrogen and oxygen atoms in total. The summed E-state index contributed by atoms with van der Waals surface area (Å²) in [5.74, 6) is -0.187. The fourth-order valence-electron chi connectivity index (χ4n) is 2.43. The van der Waals surface area contributed by atoms with Crippen LogP contribution < -0.4 is 5.32 Å². The van der Waals surface area contributed by atoms with Crippen molar-refractivity contribution in [2.75, 3.05) is 0 Å². The van der Waals surface area contributed by atoms with E-state index < -0.39 is 5.54 Å². The van der Waals surface area contributed by atoms with E-state index in [0.717, 1.165) is 5.56 Å². The summed E-state index contributed by atoms with van der Waals surface area (Å²) in [5, 5.41) is 3.40. The minimum atomic E-state index is -0.886. The monoisotopic (exact) mass is 294 g/mol. The summed E-state index contributed by atoms with van der Waals surface area (Å²) < 4.78 is 0. The first-order valence-corrected chi connectivity index (χ1v) is 7.04. The van der Waals surface area contributed by atoms with Crippen molar-refractivity contribution in [1.29, 1.82) is 0 Å². The smallest absolute Gasteiger partial charge is 0.248 e. The average molecular weight is 295 g/mol. The number of nitrogens with one attached hydrogen (secondary N) is 1. The molecule has 1 aromatic rings. The van der Waals surface area contributed by atoms with Gasteiger partial charge in [0.2, 0.25) is 11.8 Å². The number of nitrogens with zero attached hydrogens (tertiary/aromatic N) is 1. The highest BCUT2D eigenvalue weighted by Crippen LogP contribution is 2.23. The van der Waals surface area contributed by atoms with Crippen molar-refractivity contribution in [2.24, 2.45) is 0 Å². The molecule has 1 saturated heterocycles. The maximum atomic E-state index is 12.6. The van der Waals surface area contributed by atoms with Crippen LogP contribution in [0.3, 0.4) is 0 Å². The predicted octanol–water partition coefficient (Wildman–Crippen LogP) is 2.36. The third-order valence-electron chi connectivity index (χ3n) is 3.56. The highest BCUT2D eigenvalue weighted by Gasteiger charge is 2.39. The van der Waals surface area contributed by atoms with Crippen LogP contribution in [0.15, 0.2) is 24.3 Å². The largest absolute Gasteiger partial charge is 0.342 e. The van der Waals surface area contributed by atoms with Gasteiger partial charge in [0, 0.05) is 24.0 Å². The van der Waals surface area contributed by atoms with Gasteiger partial charge in [-0.15, -0.1) is 0 Å². The van der Waals surface area contributed by atoms with Crippen LogP contribution in [-0.2, 0) is 16.1 Å². The van der Waals surface area contributed by atoms with Gasteiger partial charge in [-0.25, -0.2) is 0 Å². The van der Waals surface area contributed by atoms with E-state index in [4.69, 9.17) is 11.6 Å². The minimum absolute atomic E-state index is 0.0873. The fourth-order valence-corrected chi connectivity index (χ4v) is 2.62. The van der Waals surface area contributed by atoms with E-state index in [1.807, 2.05) is 25.1 Å². The van der Waals surface area contributed by atoms with Crippen molar-refractivity contribution >= 4 is 23.4 Å². The lowest BCUT2D eigenvalue weighted by atomic mass is 10.0. The highest BCUT2D eigenvalue weighted by atomic mass is 35.5. The number of carbonyl (C=O) groups excluding carboxylic acids is 2. The van der Waals surface area contributed by atoms with Crippen LogP contribution >= 0.6 is 11.6 Å². The Labute approximate surface area is 124 Å². The lowest BCUT2D eigenvalue weighted by Crippen LogP contribution is -2.53. The number of hydrogen-bond acceptors (Lipinski definition) is 2.